The van der Waals surface area contributed by atoms with E-state index in [-0.39, 0.29) is 10.8 Å². The average Bonchev–Trinajstić information content (AvgIpc) is 2.15. The first-order chi connectivity index (χ1) is 7.72. The molecule has 0 aliphatic heterocycles. The van der Waals surface area contributed by atoms with Gasteiger partial charge >= 0.3 is 0 Å². The summed E-state index contributed by atoms with van der Waals surface area (Å²) in [6.45, 7) is 13.4. The van der Waals surface area contributed by atoms with Crippen LogP contribution in [-0.4, -0.2) is 18.1 Å². The standard InChI is InChI=1S/C15H30ClN/c1-8-11(2)9-13(10-12(3)16)14(17-7)15(4,5)6/h11-13H,8-10H2,1-7H3. The van der Waals surface area contributed by atoms with Gasteiger partial charge in [0.2, 0.25) is 0 Å². The van der Waals surface area contributed by atoms with Gasteiger partial charge in [0.1, 0.15) is 0 Å². The Kier molecular flexibility index (Phi) is 7.39. The van der Waals surface area contributed by atoms with Crippen molar-refractivity contribution in [1.29, 1.82) is 0 Å². The minimum absolute atomic E-state index is 0.151. The minimum atomic E-state index is 0.151. The molecule has 17 heavy (non-hydrogen) atoms. The number of halogens is 1. The average molecular weight is 260 g/mol. The van der Waals surface area contributed by atoms with Gasteiger partial charge in [0.15, 0.2) is 0 Å². The largest absolute Gasteiger partial charge is 0.297 e. The number of nitrogens with zero attached hydrogens (tertiary/aromatic N) is 1. The van der Waals surface area contributed by atoms with Crippen molar-refractivity contribution in [2.75, 3.05) is 7.05 Å². The Hall–Kier alpha value is -0.0400. The van der Waals surface area contributed by atoms with Crippen LogP contribution >= 0.6 is 11.6 Å². The molecule has 0 bridgehead atoms. The maximum Gasteiger partial charge on any atom is 0.0314 e. The first-order valence-corrected chi connectivity index (χ1v) is 7.27. The topological polar surface area (TPSA) is 12.4 Å². The summed E-state index contributed by atoms with van der Waals surface area (Å²) in [6.07, 6.45) is 3.47. The van der Waals surface area contributed by atoms with Crippen molar-refractivity contribution < 1.29 is 0 Å². The van der Waals surface area contributed by atoms with Crippen LogP contribution < -0.4 is 0 Å². The highest BCUT2D eigenvalue weighted by atomic mass is 35.5. The molecule has 0 fully saturated rings. The quantitative estimate of drug-likeness (QED) is 0.461. The summed E-state index contributed by atoms with van der Waals surface area (Å²) in [5.74, 6) is 1.27. The Morgan fingerprint density at radius 3 is 2.00 bits per heavy atom. The number of rotatable bonds is 6. The van der Waals surface area contributed by atoms with Crippen LogP contribution in [0.4, 0.5) is 0 Å². The first kappa shape index (κ1) is 17.0. The van der Waals surface area contributed by atoms with Gasteiger partial charge in [-0.1, -0.05) is 41.0 Å². The van der Waals surface area contributed by atoms with Gasteiger partial charge in [0.25, 0.3) is 0 Å². The minimum Gasteiger partial charge on any atom is -0.297 e. The van der Waals surface area contributed by atoms with E-state index in [1.165, 1.54) is 18.6 Å². The fourth-order valence-electron chi connectivity index (χ4n) is 2.49. The Morgan fingerprint density at radius 2 is 1.71 bits per heavy atom. The second-order valence-electron chi connectivity index (χ2n) is 6.32. The smallest absolute Gasteiger partial charge is 0.0314 e. The lowest BCUT2D eigenvalue weighted by Crippen LogP contribution is -2.31. The zero-order valence-corrected chi connectivity index (χ0v) is 13.4. The molecule has 0 N–H and O–H groups in total. The number of aliphatic imine (C=N–C) groups is 1. The van der Waals surface area contributed by atoms with Gasteiger partial charge in [-0.3, -0.25) is 4.99 Å². The van der Waals surface area contributed by atoms with Gasteiger partial charge in [-0.2, -0.15) is 0 Å². The predicted molar refractivity (Wildman–Crippen MR) is 80.3 cm³/mol. The fourth-order valence-corrected chi connectivity index (χ4v) is 2.71. The van der Waals surface area contributed by atoms with Gasteiger partial charge in [0, 0.05) is 23.6 Å². The van der Waals surface area contributed by atoms with Crippen LogP contribution in [-0.2, 0) is 0 Å². The molecule has 0 aromatic heterocycles. The molecule has 0 heterocycles. The normalized spacial score (nSPS) is 18.9. The molecule has 0 amide bonds. The van der Waals surface area contributed by atoms with E-state index in [9.17, 15) is 0 Å². The summed E-state index contributed by atoms with van der Waals surface area (Å²) in [4.78, 5) is 4.56. The second kappa shape index (κ2) is 7.41. The van der Waals surface area contributed by atoms with E-state index in [0.29, 0.717) is 5.92 Å². The Labute approximate surface area is 113 Å². The van der Waals surface area contributed by atoms with Gasteiger partial charge < -0.3 is 0 Å². The monoisotopic (exact) mass is 259 g/mol. The zero-order chi connectivity index (χ0) is 13.6. The van der Waals surface area contributed by atoms with Crippen molar-refractivity contribution in [3.05, 3.63) is 0 Å². The number of alkyl halides is 1. The Bertz CT molecular complexity index is 238. The molecule has 0 aliphatic carbocycles. The van der Waals surface area contributed by atoms with Gasteiger partial charge in [-0.15, -0.1) is 11.6 Å². The maximum atomic E-state index is 6.20. The molecule has 0 radical (unpaired) electrons. The summed E-state index contributed by atoms with van der Waals surface area (Å²) in [6, 6.07) is 0. The highest BCUT2D eigenvalue weighted by Gasteiger charge is 2.28. The lowest BCUT2D eigenvalue weighted by Gasteiger charge is -2.31. The van der Waals surface area contributed by atoms with E-state index in [1.807, 2.05) is 7.05 Å². The van der Waals surface area contributed by atoms with Crippen molar-refractivity contribution in [2.45, 2.75) is 66.2 Å². The molecule has 0 aromatic rings. The first-order valence-electron chi connectivity index (χ1n) is 6.83. The summed E-state index contributed by atoms with van der Waals surface area (Å²) < 4.78 is 0. The molecule has 0 saturated carbocycles. The van der Waals surface area contributed by atoms with E-state index in [1.54, 1.807) is 0 Å². The van der Waals surface area contributed by atoms with Crippen molar-refractivity contribution >= 4 is 17.3 Å². The maximum absolute atomic E-state index is 6.20. The van der Waals surface area contributed by atoms with Crippen LogP contribution in [0.1, 0.15) is 60.8 Å². The van der Waals surface area contributed by atoms with Gasteiger partial charge in [-0.25, -0.2) is 0 Å². The van der Waals surface area contributed by atoms with Crippen molar-refractivity contribution in [2.24, 2.45) is 22.2 Å². The molecule has 1 nitrogen and oxygen atoms in total. The van der Waals surface area contributed by atoms with Crippen LogP contribution in [0, 0.1) is 17.3 Å². The fraction of sp³-hybridized carbons (Fsp3) is 0.933. The molecule has 2 heteroatoms. The molecule has 102 valence electrons. The van der Waals surface area contributed by atoms with Crippen molar-refractivity contribution in [1.82, 2.24) is 0 Å². The summed E-state index contributed by atoms with van der Waals surface area (Å²) in [5.41, 5.74) is 1.48. The Morgan fingerprint density at radius 1 is 1.18 bits per heavy atom. The molecule has 0 aromatic carbocycles. The zero-order valence-electron chi connectivity index (χ0n) is 12.7. The highest BCUT2D eigenvalue weighted by molar-refractivity contribution is 6.20. The third-order valence-electron chi connectivity index (χ3n) is 3.39. The highest BCUT2D eigenvalue weighted by Crippen LogP contribution is 2.30. The second-order valence-corrected chi connectivity index (χ2v) is 7.07. The molecular weight excluding hydrogens is 230 g/mol. The van der Waals surface area contributed by atoms with E-state index in [4.69, 9.17) is 11.6 Å². The SMILES string of the molecule is CCC(C)CC(CC(C)Cl)C(=NC)C(C)(C)C. The lowest BCUT2D eigenvalue weighted by molar-refractivity contribution is 0.407. The van der Waals surface area contributed by atoms with E-state index >= 15 is 0 Å². The third kappa shape index (κ3) is 6.45. The third-order valence-corrected chi connectivity index (χ3v) is 3.57. The van der Waals surface area contributed by atoms with E-state index in [0.717, 1.165) is 12.3 Å². The van der Waals surface area contributed by atoms with Crippen molar-refractivity contribution in [3.8, 4) is 0 Å². The Balaban J connectivity index is 4.89. The van der Waals surface area contributed by atoms with Crippen LogP contribution in [0.25, 0.3) is 0 Å². The van der Waals surface area contributed by atoms with Crippen LogP contribution in [0.2, 0.25) is 0 Å². The van der Waals surface area contributed by atoms with Gasteiger partial charge in [0.05, 0.1) is 0 Å². The molecular formula is C15H30ClN. The number of hydrogen-bond donors (Lipinski definition) is 0. The predicted octanol–water partition coefficient (Wildman–Crippen LogP) is 5.17. The molecule has 0 aliphatic rings. The molecule has 0 rings (SSSR count). The van der Waals surface area contributed by atoms with E-state index < -0.39 is 0 Å². The van der Waals surface area contributed by atoms with Crippen molar-refractivity contribution in [3.63, 3.8) is 0 Å². The van der Waals surface area contributed by atoms with E-state index in [2.05, 4.69) is 46.5 Å². The molecule has 0 spiro atoms. The lowest BCUT2D eigenvalue weighted by atomic mass is 9.76. The van der Waals surface area contributed by atoms with Crippen LogP contribution in [0.15, 0.2) is 4.99 Å². The summed E-state index contributed by atoms with van der Waals surface area (Å²) >= 11 is 6.20. The van der Waals surface area contributed by atoms with Crippen LogP contribution in [0.5, 0.6) is 0 Å². The molecule has 3 unspecified atom stereocenters. The molecule has 3 atom stereocenters. The number of hydrogen-bond acceptors (Lipinski definition) is 1. The van der Waals surface area contributed by atoms with Gasteiger partial charge in [-0.05, 0) is 31.6 Å². The summed E-state index contributed by atoms with van der Waals surface area (Å²) in [5, 5.41) is 0.225. The summed E-state index contributed by atoms with van der Waals surface area (Å²) in [7, 11) is 1.92. The van der Waals surface area contributed by atoms with Crippen LogP contribution in [0.3, 0.4) is 0 Å². The molecule has 0 saturated heterocycles.